The average molecular weight is 239 g/mol. The van der Waals surface area contributed by atoms with Crippen LogP contribution in [-0.4, -0.2) is 22.8 Å². The zero-order chi connectivity index (χ0) is 12.9. The topological polar surface area (TPSA) is 32.3 Å². The summed E-state index contributed by atoms with van der Waals surface area (Å²) in [6, 6.07) is 0. The monoisotopic (exact) mass is 239 g/mol. The summed E-state index contributed by atoms with van der Waals surface area (Å²) in [4.78, 5) is 0. The second kappa shape index (κ2) is 6.01. The van der Waals surface area contributed by atoms with Crippen LogP contribution in [0.2, 0.25) is 0 Å². The summed E-state index contributed by atoms with van der Waals surface area (Å²) < 4.78 is 0. The first-order valence-corrected chi connectivity index (χ1v) is 6.98. The minimum atomic E-state index is -0.622. The molecule has 1 atom stereocenters. The highest BCUT2D eigenvalue weighted by atomic mass is 16.3. The molecular formula is C15H29NO. The lowest BCUT2D eigenvalue weighted by molar-refractivity contribution is 0.0831. The highest BCUT2D eigenvalue weighted by Crippen LogP contribution is 2.28. The van der Waals surface area contributed by atoms with Crippen molar-refractivity contribution in [2.24, 2.45) is 0 Å². The van der Waals surface area contributed by atoms with Crippen molar-refractivity contribution in [3.63, 3.8) is 0 Å². The van der Waals surface area contributed by atoms with Crippen molar-refractivity contribution in [1.82, 2.24) is 5.32 Å². The minimum Gasteiger partial charge on any atom is -0.386 e. The molecule has 0 aliphatic heterocycles. The zero-order valence-electron chi connectivity index (χ0n) is 12.0. The van der Waals surface area contributed by atoms with Crippen molar-refractivity contribution < 1.29 is 5.11 Å². The molecule has 2 heteroatoms. The Labute approximate surface area is 106 Å². The standard InChI is InChI=1S/C15H29NO/c1-14(2,3)16-12-11-15(4,17)13-9-7-5-6-8-10-13/h9,16-17H,5-8,10-12H2,1-4H3. The van der Waals surface area contributed by atoms with E-state index in [4.69, 9.17) is 0 Å². The fraction of sp³-hybridized carbons (Fsp3) is 0.867. The Bertz CT molecular complexity index is 261. The molecule has 0 amide bonds. The van der Waals surface area contributed by atoms with E-state index in [2.05, 4.69) is 32.2 Å². The summed E-state index contributed by atoms with van der Waals surface area (Å²) in [7, 11) is 0. The van der Waals surface area contributed by atoms with Crippen molar-refractivity contribution in [2.75, 3.05) is 6.54 Å². The molecule has 0 aromatic rings. The Morgan fingerprint density at radius 1 is 1.18 bits per heavy atom. The largest absolute Gasteiger partial charge is 0.386 e. The van der Waals surface area contributed by atoms with Gasteiger partial charge < -0.3 is 10.4 Å². The molecule has 2 nitrogen and oxygen atoms in total. The SMILES string of the molecule is CC(C)(C)NCCC(C)(O)C1=CCCCCC1. The van der Waals surface area contributed by atoms with Crippen LogP contribution >= 0.6 is 0 Å². The van der Waals surface area contributed by atoms with E-state index >= 15 is 0 Å². The molecule has 0 bridgehead atoms. The highest BCUT2D eigenvalue weighted by Gasteiger charge is 2.26. The smallest absolute Gasteiger partial charge is 0.0840 e. The van der Waals surface area contributed by atoms with Crippen molar-refractivity contribution in [3.05, 3.63) is 11.6 Å². The summed E-state index contributed by atoms with van der Waals surface area (Å²) in [5, 5.41) is 14.0. The number of hydrogen-bond acceptors (Lipinski definition) is 2. The van der Waals surface area contributed by atoms with Gasteiger partial charge in [-0.1, -0.05) is 12.5 Å². The maximum Gasteiger partial charge on any atom is 0.0840 e. The lowest BCUT2D eigenvalue weighted by atomic mass is 9.88. The maximum atomic E-state index is 10.6. The van der Waals surface area contributed by atoms with Gasteiger partial charge in [-0.3, -0.25) is 0 Å². The first-order chi connectivity index (χ1) is 7.81. The lowest BCUT2D eigenvalue weighted by Gasteiger charge is -2.29. The normalized spacial score (nSPS) is 21.6. The first kappa shape index (κ1) is 14.7. The maximum absolute atomic E-state index is 10.6. The van der Waals surface area contributed by atoms with E-state index in [1.807, 2.05) is 6.92 Å². The summed E-state index contributed by atoms with van der Waals surface area (Å²) in [6.45, 7) is 9.31. The Morgan fingerprint density at radius 2 is 1.88 bits per heavy atom. The van der Waals surface area contributed by atoms with E-state index in [0.717, 1.165) is 25.8 Å². The number of aliphatic hydroxyl groups is 1. The minimum absolute atomic E-state index is 0.133. The molecule has 1 aliphatic carbocycles. The van der Waals surface area contributed by atoms with Gasteiger partial charge in [-0.25, -0.2) is 0 Å². The average Bonchev–Trinajstić information content (AvgIpc) is 2.43. The van der Waals surface area contributed by atoms with Crippen LogP contribution in [0.4, 0.5) is 0 Å². The van der Waals surface area contributed by atoms with Gasteiger partial charge in [0.1, 0.15) is 0 Å². The Kier molecular flexibility index (Phi) is 5.21. The molecule has 2 N–H and O–H groups in total. The van der Waals surface area contributed by atoms with Gasteiger partial charge in [0.2, 0.25) is 0 Å². The van der Waals surface area contributed by atoms with Crippen molar-refractivity contribution in [2.45, 2.75) is 77.4 Å². The van der Waals surface area contributed by atoms with Gasteiger partial charge in [-0.15, -0.1) is 0 Å². The van der Waals surface area contributed by atoms with Crippen molar-refractivity contribution in [1.29, 1.82) is 0 Å². The van der Waals surface area contributed by atoms with Gasteiger partial charge in [0.05, 0.1) is 5.60 Å². The summed E-state index contributed by atoms with van der Waals surface area (Å²) >= 11 is 0. The summed E-state index contributed by atoms with van der Waals surface area (Å²) in [5.74, 6) is 0. The van der Waals surface area contributed by atoms with Gasteiger partial charge in [0, 0.05) is 5.54 Å². The molecule has 0 saturated carbocycles. The number of hydrogen-bond donors (Lipinski definition) is 2. The van der Waals surface area contributed by atoms with E-state index in [1.54, 1.807) is 0 Å². The van der Waals surface area contributed by atoms with Crippen LogP contribution in [0.25, 0.3) is 0 Å². The molecule has 100 valence electrons. The highest BCUT2D eigenvalue weighted by molar-refractivity contribution is 5.16. The third-order valence-electron chi connectivity index (χ3n) is 3.50. The quantitative estimate of drug-likeness (QED) is 0.737. The second-order valence-electron chi connectivity index (χ2n) is 6.53. The Balaban J connectivity index is 2.46. The number of rotatable bonds is 4. The molecule has 17 heavy (non-hydrogen) atoms. The third-order valence-corrected chi connectivity index (χ3v) is 3.50. The zero-order valence-corrected chi connectivity index (χ0v) is 12.0. The van der Waals surface area contributed by atoms with Crippen LogP contribution in [0.5, 0.6) is 0 Å². The molecular weight excluding hydrogens is 210 g/mol. The number of nitrogens with one attached hydrogen (secondary N) is 1. The van der Waals surface area contributed by atoms with Crippen molar-refractivity contribution in [3.8, 4) is 0 Å². The van der Waals surface area contributed by atoms with Crippen molar-refractivity contribution >= 4 is 0 Å². The van der Waals surface area contributed by atoms with Crippen LogP contribution in [0, 0.1) is 0 Å². The Hall–Kier alpha value is -0.340. The van der Waals surface area contributed by atoms with E-state index in [-0.39, 0.29) is 5.54 Å². The molecule has 0 fully saturated rings. The molecule has 0 saturated heterocycles. The van der Waals surface area contributed by atoms with E-state index < -0.39 is 5.60 Å². The van der Waals surface area contributed by atoms with Gasteiger partial charge in [0.15, 0.2) is 0 Å². The molecule has 1 rings (SSSR count). The van der Waals surface area contributed by atoms with Crippen LogP contribution < -0.4 is 5.32 Å². The van der Waals surface area contributed by atoms with Crippen LogP contribution in [-0.2, 0) is 0 Å². The van der Waals surface area contributed by atoms with E-state index in [0.29, 0.717) is 0 Å². The molecule has 0 spiro atoms. The second-order valence-corrected chi connectivity index (χ2v) is 6.53. The summed E-state index contributed by atoms with van der Waals surface area (Å²) in [6.07, 6.45) is 9.09. The molecule has 0 aromatic carbocycles. The third kappa shape index (κ3) is 5.69. The van der Waals surface area contributed by atoms with Gasteiger partial charge >= 0.3 is 0 Å². The van der Waals surface area contributed by atoms with E-state index in [9.17, 15) is 5.11 Å². The van der Waals surface area contributed by atoms with Crippen LogP contribution in [0.1, 0.15) is 66.2 Å². The Morgan fingerprint density at radius 3 is 2.53 bits per heavy atom. The number of allylic oxidation sites excluding steroid dienone is 1. The predicted octanol–water partition coefficient (Wildman–Crippen LogP) is 3.41. The molecule has 0 aromatic heterocycles. The fourth-order valence-corrected chi connectivity index (χ4v) is 2.35. The van der Waals surface area contributed by atoms with Gasteiger partial charge in [-0.05, 0) is 71.9 Å². The van der Waals surface area contributed by atoms with Crippen LogP contribution in [0.15, 0.2) is 11.6 Å². The predicted molar refractivity (Wildman–Crippen MR) is 74.2 cm³/mol. The molecule has 0 heterocycles. The van der Waals surface area contributed by atoms with Gasteiger partial charge in [-0.2, -0.15) is 0 Å². The van der Waals surface area contributed by atoms with E-state index in [1.165, 1.54) is 24.8 Å². The molecule has 1 aliphatic rings. The van der Waals surface area contributed by atoms with Crippen LogP contribution in [0.3, 0.4) is 0 Å². The van der Waals surface area contributed by atoms with Gasteiger partial charge in [0.25, 0.3) is 0 Å². The lowest BCUT2D eigenvalue weighted by Crippen LogP contribution is -2.40. The molecule has 0 radical (unpaired) electrons. The fourth-order valence-electron chi connectivity index (χ4n) is 2.35. The first-order valence-electron chi connectivity index (χ1n) is 6.98. The summed E-state index contributed by atoms with van der Waals surface area (Å²) in [5.41, 5.74) is 0.766. The molecule has 1 unspecified atom stereocenters.